The molecule has 2 aromatic rings. The molecular formula is C17H16ClNO4. The third kappa shape index (κ3) is 5.30. The number of benzene rings is 2. The monoisotopic (exact) mass is 333 g/mol. The molecule has 0 fully saturated rings. The maximum Gasteiger partial charge on any atom is 0.341 e. The van der Waals surface area contributed by atoms with E-state index in [1.54, 1.807) is 31.5 Å². The Morgan fingerprint density at radius 3 is 2.61 bits per heavy atom. The van der Waals surface area contributed by atoms with Crippen molar-refractivity contribution in [1.29, 1.82) is 0 Å². The molecule has 0 amide bonds. The summed E-state index contributed by atoms with van der Waals surface area (Å²) in [5.41, 5.74) is 1.88. The van der Waals surface area contributed by atoms with Crippen LogP contribution >= 0.6 is 11.6 Å². The third-order valence-corrected chi connectivity index (χ3v) is 3.28. The number of methoxy groups -OCH3 is 1. The van der Waals surface area contributed by atoms with E-state index in [-0.39, 0.29) is 0 Å². The molecule has 120 valence electrons. The molecule has 0 bridgehead atoms. The van der Waals surface area contributed by atoms with Crippen LogP contribution in [0.4, 0.5) is 0 Å². The first-order valence-corrected chi connectivity index (χ1v) is 7.23. The van der Waals surface area contributed by atoms with Crippen LogP contribution in [0.2, 0.25) is 5.02 Å². The second kappa shape index (κ2) is 8.19. The predicted molar refractivity (Wildman–Crippen MR) is 88.9 cm³/mol. The van der Waals surface area contributed by atoms with Gasteiger partial charge in [-0.25, -0.2) is 4.79 Å². The van der Waals surface area contributed by atoms with Gasteiger partial charge in [0.15, 0.2) is 6.61 Å². The Morgan fingerprint density at radius 2 is 2.00 bits per heavy atom. The minimum Gasteiger partial charge on any atom is -0.497 e. The number of hydrogen-bond donors (Lipinski definition) is 1. The Morgan fingerprint density at radius 1 is 1.26 bits per heavy atom. The Kier molecular flexibility index (Phi) is 6.00. The van der Waals surface area contributed by atoms with Crippen molar-refractivity contribution >= 4 is 23.8 Å². The largest absolute Gasteiger partial charge is 0.497 e. The zero-order valence-corrected chi connectivity index (χ0v) is 13.3. The van der Waals surface area contributed by atoms with E-state index in [0.717, 1.165) is 16.9 Å². The Bertz CT molecular complexity index is 698. The van der Waals surface area contributed by atoms with Crippen LogP contribution in [0.3, 0.4) is 0 Å². The summed E-state index contributed by atoms with van der Waals surface area (Å²) in [6.45, 7) is 0.115. The number of carboxylic acid groups (broad SMARTS) is 1. The summed E-state index contributed by atoms with van der Waals surface area (Å²) in [6, 6.07) is 12.7. The van der Waals surface area contributed by atoms with E-state index < -0.39 is 12.6 Å². The average Bonchev–Trinajstić information content (AvgIpc) is 2.54. The predicted octanol–water partition coefficient (Wildman–Crippen LogP) is 3.43. The highest BCUT2D eigenvalue weighted by Crippen LogP contribution is 2.25. The normalized spacial score (nSPS) is 10.7. The maximum atomic E-state index is 10.5. The van der Waals surface area contributed by atoms with Crippen molar-refractivity contribution in [3.8, 4) is 11.5 Å². The van der Waals surface area contributed by atoms with Crippen LogP contribution < -0.4 is 9.47 Å². The summed E-state index contributed by atoms with van der Waals surface area (Å²) in [6.07, 6.45) is 1.71. The number of ether oxygens (including phenoxy) is 2. The summed E-state index contributed by atoms with van der Waals surface area (Å²) < 4.78 is 10.2. The molecule has 0 radical (unpaired) electrons. The van der Waals surface area contributed by atoms with Crippen molar-refractivity contribution in [3.63, 3.8) is 0 Å². The molecule has 6 heteroatoms. The Hall–Kier alpha value is -2.53. The molecule has 0 spiro atoms. The number of hydrogen-bond acceptors (Lipinski definition) is 4. The van der Waals surface area contributed by atoms with Gasteiger partial charge in [0.2, 0.25) is 0 Å². The second-order valence-electron chi connectivity index (χ2n) is 4.69. The van der Waals surface area contributed by atoms with E-state index in [1.807, 2.05) is 24.3 Å². The van der Waals surface area contributed by atoms with Crippen LogP contribution in [-0.4, -0.2) is 31.0 Å². The first-order chi connectivity index (χ1) is 11.1. The van der Waals surface area contributed by atoms with Crippen molar-refractivity contribution in [2.45, 2.75) is 6.54 Å². The topological polar surface area (TPSA) is 68.1 Å². The van der Waals surface area contributed by atoms with E-state index in [9.17, 15) is 4.79 Å². The molecule has 0 heterocycles. The number of rotatable bonds is 7. The minimum atomic E-state index is -1.05. The van der Waals surface area contributed by atoms with Crippen LogP contribution in [0.15, 0.2) is 47.5 Å². The molecule has 0 saturated heterocycles. The molecule has 0 unspecified atom stereocenters. The Labute approximate surface area is 139 Å². The van der Waals surface area contributed by atoms with Crippen molar-refractivity contribution in [3.05, 3.63) is 58.6 Å². The van der Waals surface area contributed by atoms with Crippen LogP contribution in [0.5, 0.6) is 11.5 Å². The zero-order valence-electron chi connectivity index (χ0n) is 12.5. The van der Waals surface area contributed by atoms with Gasteiger partial charge in [0.05, 0.1) is 18.7 Å². The van der Waals surface area contributed by atoms with Crippen LogP contribution in [-0.2, 0) is 11.3 Å². The first kappa shape index (κ1) is 16.8. The Balaban J connectivity index is 1.96. The summed E-state index contributed by atoms with van der Waals surface area (Å²) in [5, 5.41) is 8.93. The molecule has 1 N–H and O–H groups in total. The average molecular weight is 334 g/mol. The fourth-order valence-corrected chi connectivity index (χ4v) is 2.08. The molecule has 2 aromatic carbocycles. The minimum absolute atomic E-state index is 0.335. The molecule has 0 aliphatic heterocycles. The van der Waals surface area contributed by atoms with E-state index in [0.29, 0.717) is 17.3 Å². The zero-order chi connectivity index (χ0) is 16.7. The number of halogens is 1. The molecule has 0 atom stereocenters. The molecule has 2 rings (SSSR count). The summed E-state index contributed by atoms with van der Waals surface area (Å²) >= 11 is 6.05. The number of aliphatic carboxylic acids is 1. The van der Waals surface area contributed by atoms with Gasteiger partial charge in [0, 0.05) is 6.21 Å². The van der Waals surface area contributed by atoms with E-state index in [2.05, 4.69) is 4.99 Å². The highest BCUT2D eigenvalue weighted by Gasteiger charge is 2.04. The standard InChI is InChI=1S/C17H16ClNO4/c1-22-14-5-2-12(3-6-14)9-19-10-13-4-7-16(15(18)8-13)23-11-17(20)21/h2-8,10H,9,11H2,1H3,(H,20,21). The van der Waals surface area contributed by atoms with E-state index in [4.69, 9.17) is 26.2 Å². The summed E-state index contributed by atoms with van der Waals surface area (Å²) in [7, 11) is 1.63. The van der Waals surface area contributed by atoms with Crippen molar-refractivity contribution in [2.24, 2.45) is 4.99 Å². The van der Waals surface area contributed by atoms with Gasteiger partial charge >= 0.3 is 5.97 Å². The van der Waals surface area contributed by atoms with Crippen LogP contribution in [0.1, 0.15) is 11.1 Å². The lowest BCUT2D eigenvalue weighted by Gasteiger charge is -2.06. The number of carboxylic acids is 1. The maximum absolute atomic E-state index is 10.5. The lowest BCUT2D eigenvalue weighted by Crippen LogP contribution is -2.09. The highest BCUT2D eigenvalue weighted by atomic mass is 35.5. The quantitative estimate of drug-likeness (QED) is 0.788. The lowest BCUT2D eigenvalue weighted by atomic mass is 10.2. The SMILES string of the molecule is COc1ccc(CN=Cc2ccc(OCC(=O)O)c(Cl)c2)cc1. The number of nitrogens with zero attached hydrogens (tertiary/aromatic N) is 1. The number of aliphatic imine (C=N–C) groups is 1. The van der Waals surface area contributed by atoms with Gasteiger partial charge in [-0.15, -0.1) is 0 Å². The molecular weight excluding hydrogens is 318 g/mol. The van der Waals surface area contributed by atoms with Gasteiger partial charge in [-0.3, -0.25) is 4.99 Å². The summed E-state index contributed by atoms with van der Waals surface area (Å²) in [5.74, 6) is 0.0917. The van der Waals surface area contributed by atoms with Gasteiger partial charge in [-0.1, -0.05) is 23.7 Å². The first-order valence-electron chi connectivity index (χ1n) is 6.85. The third-order valence-electron chi connectivity index (χ3n) is 2.98. The molecule has 0 saturated carbocycles. The van der Waals surface area contributed by atoms with Gasteiger partial charge in [0.1, 0.15) is 11.5 Å². The summed E-state index contributed by atoms with van der Waals surface area (Å²) in [4.78, 5) is 14.8. The fourth-order valence-electron chi connectivity index (χ4n) is 1.84. The van der Waals surface area contributed by atoms with Gasteiger partial charge in [-0.05, 0) is 41.5 Å². The van der Waals surface area contributed by atoms with Gasteiger partial charge in [-0.2, -0.15) is 0 Å². The molecule has 0 aromatic heterocycles. The molecule has 0 aliphatic carbocycles. The van der Waals surface area contributed by atoms with Gasteiger partial charge < -0.3 is 14.6 Å². The second-order valence-corrected chi connectivity index (χ2v) is 5.10. The van der Waals surface area contributed by atoms with Crippen molar-refractivity contribution in [1.82, 2.24) is 0 Å². The van der Waals surface area contributed by atoms with E-state index in [1.165, 1.54) is 0 Å². The van der Waals surface area contributed by atoms with Crippen molar-refractivity contribution in [2.75, 3.05) is 13.7 Å². The van der Waals surface area contributed by atoms with Crippen LogP contribution in [0, 0.1) is 0 Å². The van der Waals surface area contributed by atoms with Gasteiger partial charge in [0.25, 0.3) is 0 Å². The molecule has 23 heavy (non-hydrogen) atoms. The smallest absolute Gasteiger partial charge is 0.341 e. The highest BCUT2D eigenvalue weighted by molar-refractivity contribution is 6.32. The van der Waals surface area contributed by atoms with Crippen LogP contribution in [0.25, 0.3) is 0 Å². The lowest BCUT2D eigenvalue weighted by molar-refractivity contribution is -0.139. The molecule has 5 nitrogen and oxygen atoms in total. The fraction of sp³-hybridized carbons (Fsp3) is 0.176. The van der Waals surface area contributed by atoms with E-state index >= 15 is 0 Å². The molecule has 0 aliphatic rings. The van der Waals surface area contributed by atoms with Crippen molar-refractivity contribution < 1.29 is 19.4 Å². The number of carbonyl (C=O) groups is 1.